The van der Waals surface area contributed by atoms with E-state index >= 15 is 0 Å². The van der Waals surface area contributed by atoms with E-state index in [9.17, 15) is 4.79 Å². The minimum atomic E-state index is -0.114. The molecule has 1 amide bonds. The molecule has 6 heteroatoms. The van der Waals surface area contributed by atoms with Gasteiger partial charge in [0.05, 0.1) is 20.3 Å². The maximum absolute atomic E-state index is 12.3. The van der Waals surface area contributed by atoms with Crippen molar-refractivity contribution in [3.05, 3.63) is 52.2 Å². The van der Waals surface area contributed by atoms with Crippen LogP contribution in [0.25, 0.3) is 6.08 Å². The summed E-state index contributed by atoms with van der Waals surface area (Å²) in [7, 11) is 3.19. The van der Waals surface area contributed by atoms with E-state index < -0.39 is 0 Å². The average molecular weight is 389 g/mol. The molecule has 0 aliphatic heterocycles. The van der Waals surface area contributed by atoms with Crippen LogP contribution in [0.4, 0.5) is 0 Å². The van der Waals surface area contributed by atoms with Gasteiger partial charge in [-0.3, -0.25) is 9.69 Å². The molecular formula is C21H28N2O3S. The largest absolute Gasteiger partial charge is 0.493 e. The number of benzene rings is 1. The molecular weight excluding hydrogens is 360 g/mol. The number of amides is 1. The summed E-state index contributed by atoms with van der Waals surface area (Å²) in [5, 5.41) is 7.24. The molecule has 5 nitrogen and oxygen atoms in total. The number of nitrogens with one attached hydrogen (secondary N) is 1. The quantitative estimate of drug-likeness (QED) is 0.626. The monoisotopic (exact) mass is 388 g/mol. The maximum atomic E-state index is 12.3. The van der Waals surface area contributed by atoms with Gasteiger partial charge in [-0.1, -0.05) is 19.9 Å². The molecule has 27 heavy (non-hydrogen) atoms. The number of thiophene rings is 1. The highest BCUT2D eigenvalue weighted by Gasteiger charge is 2.18. The fourth-order valence-corrected chi connectivity index (χ4v) is 3.68. The molecule has 0 fully saturated rings. The van der Waals surface area contributed by atoms with Gasteiger partial charge in [0.25, 0.3) is 0 Å². The highest BCUT2D eigenvalue weighted by molar-refractivity contribution is 7.07. The van der Waals surface area contributed by atoms with Crippen molar-refractivity contribution in [3.63, 3.8) is 0 Å². The predicted octanol–water partition coefficient (Wildman–Crippen LogP) is 3.98. The molecule has 1 aromatic heterocycles. The third-order valence-corrected chi connectivity index (χ3v) is 5.19. The Kier molecular flexibility index (Phi) is 8.36. The van der Waals surface area contributed by atoms with Crippen molar-refractivity contribution in [2.45, 2.75) is 19.9 Å². The van der Waals surface area contributed by atoms with Gasteiger partial charge in [0.15, 0.2) is 11.5 Å². The van der Waals surface area contributed by atoms with Gasteiger partial charge in [-0.2, -0.15) is 11.3 Å². The number of carbonyl (C=O) groups is 1. The first kappa shape index (κ1) is 21.0. The van der Waals surface area contributed by atoms with E-state index in [-0.39, 0.29) is 11.9 Å². The van der Waals surface area contributed by atoms with Crippen molar-refractivity contribution < 1.29 is 14.3 Å². The zero-order valence-corrected chi connectivity index (χ0v) is 17.2. The Morgan fingerprint density at radius 1 is 1.19 bits per heavy atom. The fourth-order valence-electron chi connectivity index (χ4n) is 2.97. The van der Waals surface area contributed by atoms with Crippen molar-refractivity contribution in [2.24, 2.45) is 0 Å². The molecule has 2 rings (SSSR count). The fraction of sp³-hybridized carbons (Fsp3) is 0.381. The van der Waals surface area contributed by atoms with Crippen LogP contribution in [0.3, 0.4) is 0 Å². The van der Waals surface area contributed by atoms with E-state index in [2.05, 4.69) is 40.9 Å². The summed E-state index contributed by atoms with van der Waals surface area (Å²) in [6, 6.07) is 7.86. The van der Waals surface area contributed by atoms with E-state index in [1.54, 1.807) is 37.7 Å². The standard InChI is InChI=1S/C21H28N2O3S/c1-5-23(6-2)18(17-11-12-27-15-17)14-22-21(24)10-8-16-7-9-19(25-3)20(13-16)26-4/h7-13,15,18H,5-6,14H2,1-4H3,(H,22,24)/b10-8+. The lowest BCUT2D eigenvalue weighted by molar-refractivity contribution is -0.116. The number of carbonyl (C=O) groups excluding carboxylic acids is 1. The Labute approximate surface area is 165 Å². The highest BCUT2D eigenvalue weighted by atomic mass is 32.1. The van der Waals surface area contributed by atoms with Crippen LogP contribution in [0.1, 0.15) is 31.0 Å². The van der Waals surface area contributed by atoms with Crippen molar-refractivity contribution in [1.29, 1.82) is 0 Å². The molecule has 0 saturated carbocycles. The van der Waals surface area contributed by atoms with Gasteiger partial charge in [0, 0.05) is 12.6 Å². The predicted molar refractivity (Wildman–Crippen MR) is 112 cm³/mol. The van der Waals surface area contributed by atoms with E-state index in [1.807, 2.05) is 18.2 Å². The summed E-state index contributed by atoms with van der Waals surface area (Å²) < 4.78 is 10.5. The molecule has 1 N–H and O–H groups in total. The lowest BCUT2D eigenvalue weighted by Crippen LogP contribution is -2.37. The third kappa shape index (κ3) is 5.84. The lowest BCUT2D eigenvalue weighted by Gasteiger charge is -2.29. The molecule has 146 valence electrons. The molecule has 0 radical (unpaired) electrons. The number of nitrogens with zero attached hydrogens (tertiary/aromatic N) is 1. The van der Waals surface area contributed by atoms with Gasteiger partial charge in [0.1, 0.15) is 0 Å². The van der Waals surface area contributed by atoms with Crippen LogP contribution in [0.5, 0.6) is 11.5 Å². The molecule has 0 bridgehead atoms. The Hall–Kier alpha value is -2.31. The van der Waals surface area contributed by atoms with Crippen LogP contribution in [0, 0.1) is 0 Å². The van der Waals surface area contributed by atoms with Crippen molar-refractivity contribution in [2.75, 3.05) is 33.9 Å². The van der Waals surface area contributed by atoms with Crippen LogP contribution in [0.15, 0.2) is 41.1 Å². The van der Waals surface area contributed by atoms with Crippen LogP contribution in [-0.2, 0) is 4.79 Å². The first-order chi connectivity index (χ1) is 13.1. The number of methoxy groups -OCH3 is 2. The van der Waals surface area contributed by atoms with E-state index in [0.717, 1.165) is 18.7 Å². The molecule has 1 unspecified atom stereocenters. The average Bonchev–Trinajstić information content (AvgIpc) is 3.23. The third-order valence-electron chi connectivity index (χ3n) is 4.49. The molecule has 0 saturated heterocycles. The molecule has 0 aliphatic rings. The van der Waals surface area contributed by atoms with E-state index in [4.69, 9.17) is 9.47 Å². The summed E-state index contributed by atoms with van der Waals surface area (Å²) in [4.78, 5) is 14.6. The normalized spacial score (nSPS) is 12.3. The summed E-state index contributed by atoms with van der Waals surface area (Å²) in [5.41, 5.74) is 2.12. The van der Waals surface area contributed by atoms with Crippen LogP contribution < -0.4 is 14.8 Å². The number of hydrogen-bond donors (Lipinski definition) is 1. The Balaban J connectivity index is 2.00. The molecule has 2 aromatic rings. The molecule has 1 aromatic carbocycles. The number of ether oxygens (including phenoxy) is 2. The van der Waals surface area contributed by atoms with Crippen molar-refractivity contribution in [3.8, 4) is 11.5 Å². The van der Waals surface area contributed by atoms with Gasteiger partial charge >= 0.3 is 0 Å². The topological polar surface area (TPSA) is 50.8 Å². The van der Waals surface area contributed by atoms with Gasteiger partial charge in [0.2, 0.25) is 5.91 Å². The van der Waals surface area contributed by atoms with E-state index in [1.165, 1.54) is 5.56 Å². The Bertz CT molecular complexity index is 740. The second-order valence-electron chi connectivity index (χ2n) is 5.99. The molecule has 1 atom stereocenters. The van der Waals surface area contributed by atoms with Crippen LogP contribution >= 0.6 is 11.3 Å². The summed E-state index contributed by atoms with van der Waals surface area (Å²) in [5.74, 6) is 1.19. The number of likely N-dealkylation sites (N-methyl/N-ethyl adjacent to an activating group) is 1. The molecule has 0 spiro atoms. The summed E-state index contributed by atoms with van der Waals surface area (Å²) >= 11 is 1.68. The minimum Gasteiger partial charge on any atom is -0.493 e. The summed E-state index contributed by atoms with van der Waals surface area (Å²) in [6.07, 6.45) is 3.32. The van der Waals surface area contributed by atoms with Gasteiger partial charge in [-0.05, 0) is 59.3 Å². The Morgan fingerprint density at radius 2 is 1.93 bits per heavy atom. The van der Waals surface area contributed by atoms with Crippen molar-refractivity contribution >= 4 is 23.3 Å². The zero-order valence-electron chi connectivity index (χ0n) is 16.4. The smallest absolute Gasteiger partial charge is 0.244 e. The summed E-state index contributed by atoms with van der Waals surface area (Å²) in [6.45, 7) is 6.74. The number of rotatable bonds is 10. The minimum absolute atomic E-state index is 0.114. The highest BCUT2D eigenvalue weighted by Crippen LogP contribution is 2.28. The second kappa shape index (κ2) is 10.7. The number of hydrogen-bond acceptors (Lipinski definition) is 5. The molecule has 1 heterocycles. The zero-order chi connectivity index (χ0) is 19.6. The maximum Gasteiger partial charge on any atom is 0.244 e. The first-order valence-corrected chi connectivity index (χ1v) is 10.0. The van der Waals surface area contributed by atoms with Crippen LogP contribution in [-0.4, -0.2) is 44.7 Å². The van der Waals surface area contributed by atoms with Gasteiger partial charge in [-0.15, -0.1) is 0 Å². The van der Waals surface area contributed by atoms with Crippen molar-refractivity contribution in [1.82, 2.24) is 10.2 Å². The van der Waals surface area contributed by atoms with Gasteiger partial charge < -0.3 is 14.8 Å². The molecule has 0 aliphatic carbocycles. The Morgan fingerprint density at radius 3 is 2.52 bits per heavy atom. The van der Waals surface area contributed by atoms with Crippen LogP contribution in [0.2, 0.25) is 0 Å². The lowest BCUT2D eigenvalue weighted by atomic mass is 10.1. The van der Waals surface area contributed by atoms with Gasteiger partial charge in [-0.25, -0.2) is 0 Å². The SMILES string of the molecule is CCN(CC)C(CNC(=O)/C=C/c1ccc(OC)c(OC)c1)c1ccsc1. The van der Waals surface area contributed by atoms with E-state index in [0.29, 0.717) is 18.0 Å². The second-order valence-corrected chi connectivity index (χ2v) is 6.77. The first-order valence-electron chi connectivity index (χ1n) is 9.07.